The fourth-order valence-corrected chi connectivity index (χ4v) is 4.72. The van der Waals surface area contributed by atoms with E-state index in [-0.39, 0.29) is 15.9 Å². The lowest BCUT2D eigenvalue weighted by molar-refractivity contribution is -0.00474. The monoisotopic (exact) mass is 469 g/mol. The molecule has 1 aliphatic heterocycles. The fourth-order valence-electron chi connectivity index (χ4n) is 2.57. The Hall–Kier alpha value is -1.47. The minimum absolute atomic E-state index is 0.000337. The standard InChI is InChI=1S/C21H39N3O5Si2/c1-20(2,3)30(7,8)27-14-15-13-16(29-31(9,10)21(4,5)6)18(28-15)24-12-11-17(23-26)22-19(24)25/h11-13,16,18,26H,14H2,1-10H3,(H,22,23,25)/t16?,18-/m1/s1. The zero-order valence-corrected chi connectivity index (χ0v) is 22.6. The molecule has 31 heavy (non-hydrogen) atoms. The van der Waals surface area contributed by atoms with Gasteiger partial charge in [-0.3, -0.25) is 15.3 Å². The fraction of sp³-hybridized carbons (Fsp3) is 0.714. The molecule has 0 saturated carbocycles. The number of aromatic nitrogens is 2. The van der Waals surface area contributed by atoms with Crippen molar-refractivity contribution in [3.8, 4) is 0 Å². The third-order valence-corrected chi connectivity index (χ3v) is 15.7. The molecule has 0 saturated heterocycles. The molecule has 0 aliphatic carbocycles. The summed E-state index contributed by atoms with van der Waals surface area (Å²) in [4.78, 5) is 16.4. The van der Waals surface area contributed by atoms with Gasteiger partial charge >= 0.3 is 5.69 Å². The van der Waals surface area contributed by atoms with Crippen molar-refractivity contribution in [3.63, 3.8) is 0 Å². The Balaban J connectivity index is 2.33. The molecule has 2 N–H and O–H groups in total. The summed E-state index contributed by atoms with van der Waals surface area (Å²) in [6.45, 7) is 22.1. The Labute approximate surface area is 187 Å². The molecule has 1 aromatic rings. The molecule has 0 spiro atoms. The van der Waals surface area contributed by atoms with Gasteiger partial charge in [-0.2, -0.15) is 4.98 Å². The van der Waals surface area contributed by atoms with Crippen LogP contribution in [0.2, 0.25) is 36.3 Å². The first-order valence-electron chi connectivity index (χ1n) is 10.7. The van der Waals surface area contributed by atoms with Crippen molar-refractivity contribution < 1.29 is 18.8 Å². The normalized spacial score (nSPS) is 20.4. The average molecular weight is 470 g/mol. The van der Waals surface area contributed by atoms with Crippen LogP contribution >= 0.6 is 0 Å². The lowest BCUT2D eigenvalue weighted by Gasteiger charge is -2.39. The first-order valence-corrected chi connectivity index (χ1v) is 16.5. The summed E-state index contributed by atoms with van der Waals surface area (Å²) in [5.41, 5.74) is 1.36. The molecule has 2 atom stereocenters. The van der Waals surface area contributed by atoms with Gasteiger partial charge in [0.15, 0.2) is 22.5 Å². The molecule has 1 unspecified atom stereocenters. The number of hydrogen-bond acceptors (Lipinski definition) is 7. The smallest absolute Gasteiger partial charge is 0.352 e. The van der Waals surface area contributed by atoms with Crippen molar-refractivity contribution in [2.75, 3.05) is 12.1 Å². The van der Waals surface area contributed by atoms with Crippen LogP contribution in [0.1, 0.15) is 47.8 Å². The highest BCUT2D eigenvalue weighted by Gasteiger charge is 2.44. The van der Waals surface area contributed by atoms with E-state index in [1.807, 2.05) is 11.6 Å². The number of nitrogens with zero attached hydrogens (tertiary/aromatic N) is 2. The molecule has 2 rings (SSSR count). The highest BCUT2D eigenvalue weighted by Crippen LogP contribution is 2.41. The Morgan fingerprint density at radius 1 is 1.13 bits per heavy atom. The van der Waals surface area contributed by atoms with E-state index in [2.05, 4.69) is 72.7 Å². The molecule has 8 nitrogen and oxygen atoms in total. The molecule has 10 heteroatoms. The van der Waals surface area contributed by atoms with Gasteiger partial charge in [0.2, 0.25) is 6.23 Å². The van der Waals surface area contributed by atoms with Gasteiger partial charge in [0.1, 0.15) is 11.9 Å². The Kier molecular flexibility index (Phi) is 7.34. The largest absolute Gasteiger partial charge is 0.469 e. The Morgan fingerprint density at radius 3 is 2.19 bits per heavy atom. The average Bonchev–Trinajstić information content (AvgIpc) is 2.99. The lowest BCUT2D eigenvalue weighted by Crippen LogP contribution is -2.46. The van der Waals surface area contributed by atoms with Crippen molar-refractivity contribution in [2.45, 2.75) is 90.1 Å². The first-order chi connectivity index (χ1) is 14.0. The maximum atomic E-state index is 12.6. The molecule has 0 fully saturated rings. The van der Waals surface area contributed by atoms with Crippen molar-refractivity contribution in [2.24, 2.45) is 0 Å². The predicted molar refractivity (Wildman–Crippen MR) is 127 cm³/mol. The topological polar surface area (TPSA) is 94.8 Å². The van der Waals surface area contributed by atoms with Crippen LogP contribution in [0.4, 0.5) is 5.82 Å². The third kappa shape index (κ3) is 5.86. The molecule has 1 aliphatic rings. The van der Waals surface area contributed by atoms with E-state index >= 15 is 0 Å². The first kappa shape index (κ1) is 25.8. The molecular formula is C21H39N3O5Si2. The summed E-state index contributed by atoms with van der Waals surface area (Å²) in [5, 5.41) is 9.11. The number of hydrogen-bond donors (Lipinski definition) is 2. The predicted octanol–water partition coefficient (Wildman–Crippen LogP) is 4.87. The van der Waals surface area contributed by atoms with E-state index in [0.717, 1.165) is 0 Å². The van der Waals surface area contributed by atoms with Crippen molar-refractivity contribution in [1.29, 1.82) is 0 Å². The van der Waals surface area contributed by atoms with E-state index in [0.29, 0.717) is 12.4 Å². The second-order valence-corrected chi connectivity index (χ2v) is 20.7. The van der Waals surface area contributed by atoms with Crippen LogP contribution in [0.15, 0.2) is 28.9 Å². The van der Waals surface area contributed by atoms with Crippen LogP contribution in [0.25, 0.3) is 0 Å². The van der Waals surface area contributed by atoms with Crippen LogP contribution in [0.5, 0.6) is 0 Å². The quantitative estimate of drug-likeness (QED) is 0.434. The second-order valence-electron chi connectivity index (χ2n) is 11.1. The van der Waals surface area contributed by atoms with Crippen molar-refractivity contribution in [1.82, 2.24) is 9.55 Å². The minimum atomic E-state index is -2.14. The third-order valence-electron chi connectivity index (χ3n) is 6.74. The van der Waals surface area contributed by atoms with Crippen LogP contribution in [0.3, 0.4) is 0 Å². The summed E-state index contributed by atoms with van der Waals surface area (Å²) in [7, 11) is -4.11. The number of anilines is 1. The number of ether oxygens (including phenoxy) is 1. The van der Waals surface area contributed by atoms with Crippen LogP contribution in [-0.2, 0) is 13.6 Å². The molecule has 176 valence electrons. The maximum Gasteiger partial charge on any atom is 0.352 e. The Bertz CT molecular complexity index is 869. The van der Waals surface area contributed by atoms with Gasteiger partial charge in [-0.1, -0.05) is 41.5 Å². The van der Waals surface area contributed by atoms with Gasteiger partial charge in [-0.05, 0) is 48.4 Å². The van der Waals surface area contributed by atoms with Gasteiger partial charge in [0.05, 0.1) is 6.61 Å². The second kappa shape index (κ2) is 8.82. The van der Waals surface area contributed by atoms with Gasteiger partial charge in [-0.15, -0.1) is 0 Å². The van der Waals surface area contributed by atoms with E-state index in [9.17, 15) is 4.79 Å². The van der Waals surface area contributed by atoms with Crippen LogP contribution < -0.4 is 11.2 Å². The minimum Gasteiger partial charge on any atom is -0.469 e. The van der Waals surface area contributed by atoms with E-state index in [1.165, 1.54) is 10.6 Å². The molecule has 0 bridgehead atoms. The van der Waals surface area contributed by atoms with Crippen molar-refractivity contribution >= 4 is 22.5 Å². The van der Waals surface area contributed by atoms with Gasteiger partial charge in [0, 0.05) is 6.20 Å². The van der Waals surface area contributed by atoms with Gasteiger partial charge in [0.25, 0.3) is 0 Å². The molecule has 0 aromatic carbocycles. The summed E-state index contributed by atoms with van der Waals surface area (Å²) in [5.74, 6) is 0.741. The summed E-state index contributed by atoms with van der Waals surface area (Å²) >= 11 is 0. The number of nitrogens with one attached hydrogen (secondary N) is 1. The maximum absolute atomic E-state index is 12.6. The molecule has 0 radical (unpaired) electrons. The van der Waals surface area contributed by atoms with E-state index in [1.54, 1.807) is 6.20 Å². The lowest BCUT2D eigenvalue weighted by atomic mass is 10.2. The molecular weight excluding hydrogens is 430 g/mol. The summed E-state index contributed by atoms with van der Waals surface area (Å²) in [6.07, 6.45) is 2.36. The van der Waals surface area contributed by atoms with E-state index in [4.69, 9.17) is 18.8 Å². The molecule has 1 aromatic heterocycles. The highest BCUT2D eigenvalue weighted by molar-refractivity contribution is 6.74. The van der Waals surface area contributed by atoms with Gasteiger partial charge in [-0.25, -0.2) is 4.79 Å². The summed E-state index contributed by atoms with van der Waals surface area (Å²) < 4.78 is 20.5. The van der Waals surface area contributed by atoms with Gasteiger partial charge < -0.3 is 13.6 Å². The highest BCUT2D eigenvalue weighted by atomic mass is 28.4. The van der Waals surface area contributed by atoms with Crippen LogP contribution in [0, 0.1) is 0 Å². The number of rotatable bonds is 7. The van der Waals surface area contributed by atoms with Crippen LogP contribution in [-0.4, -0.2) is 44.1 Å². The molecule has 0 amide bonds. The Morgan fingerprint density at radius 2 is 1.71 bits per heavy atom. The SMILES string of the molecule is CC(C)(C)[Si](C)(C)OCC1=CC(O[Si](C)(C)C(C)(C)C)[C@H](n2ccc(NO)nc2=O)O1. The molecule has 2 heterocycles. The zero-order valence-electron chi connectivity index (χ0n) is 20.6. The summed E-state index contributed by atoms with van der Waals surface area (Å²) in [6, 6.07) is 1.51. The zero-order chi connectivity index (χ0) is 23.8. The van der Waals surface area contributed by atoms with Crippen molar-refractivity contribution in [3.05, 3.63) is 34.6 Å². The van der Waals surface area contributed by atoms with E-state index < -0.39 is 34.7 Å².